The molecule has 4 nitrogen and oxygen atoms in total. The molecule has 0 amide bonds. The Morgan fingerprint density at radius 1 is 1.26 bits per heavy atom. The predicted octanol–water partition coefficient (Wildman–Crippen LogP) is 3.56. The molecular formula is C19H19NO3. The van der Waals surface area contributed by atoms with Gasteiger partial charge in [-0.2, -0.15) is 5.26 Å². The summed E-state index contributed by atoms with van der Waals surface area (Å²) >= 11 is 0. The lowest BCUT2D eigenvalue weighted by molar-refractivity contribution is -0.111. The quantitative estimate of drug-likeness (QED) is 0.619. The Morgan fingerprint density at radius 3 is 2.43 bits per heavy atom. The number of rotatable bonds is 2. The number of carbonyl (C=O) groups excluding carboxylic acids is 1. The largest absolute Gasteiger partial charge is 0.486 e. The highest BCUT2D eigenvalue weighted by Gasteiger charge is 2.37. The van der Waals surface area contributed by atoms with Crippen LogP contribution in [0, 0.1) is 11.3 Å². The van der Waals surface area contributed by atoms with E-state index in [1.165, 1.54) is 0 Å². The maximum Gasteiger partial charge on any atom is 0.198 e. The molecule has 1 aliphatic carbocycles. The number of ether oxygens (including phenoxy) is 2. The zero-order valence-corrected chi connectivity index (χ0v) is 13.7. The van der Waals surface area contributed by atoms with Gasteiger partial charge >= 0.3 is 0 Å². The molecule has 0 unspecified atom stereocenters. The molecular weight excluding hydrogens is 290 g/mol. The molecule has 0 fully saturated rings. The summed E-state index contributed by atoms with van der Waals surface area (Å²) in [6, 6.07) is 5.96. The Kier molecular flexibility index (Phi) is 3.52. The first-order valence-corrected chi connectivity index (χ1v) is 7.63. The fourth-order valence-electron chi connectivity index (χ4n) is 3.22. The van der Waals surface area contributed by atoms with Crippen LogP contribution in [-0.4, -0.2) is 19.0 Å². The molecule has 1 aliphatic heterocycles. The van der Waals surface area contributed by atoms with E-state index in [-0.39, 0.29) is 16.8 Å². The SMILES string of the molecule is C=C(C)C(=O)/C(C#N)=C1\CC(C)(C)c2cc3c(cc21)OCCO3. The normalized spacial score (nSPS) is 19.6. The fraction of sp³-hybridized carbons (Fsp3) is 0.368. The van der Waals surface area contributed by atoms with Gasteiger partial charge < -0.3 is 9.47 Å². The van der Waals surface area contributed by atoms with Gasteiger partial charge in [-0.3, -0.25) is 4.79 Å². The van der Waals surface area contributed by atoms with E-state index in [2.05, 4.69) is 26.5 Å². The minimum absolute atomic E-state index is 0.169. The third-order valence-electron chi connectivity index (χ3n) is 4.38. The molecule has 1 aromatic carbocycles. The third kappa shape index (κ3) is 2.43. The van der Waals surface area contributed by atoms with Crippen molar-refractivity contribution >= 4 is 11.4 Å². The van der Waals surface area contributed by atoms with Crippen LogP contribution in [0.4, 0.5) is 0 Å². The standard InChI is InChI=1S/C19H19NO3/c1-11(2)18(21)14(10-20)13-9-19(3,4)15-8-17-16(7-12(13)15)22-5-6-23-17/h7-8H,1,5-6,9H2,2-4H3/b14-13+. The van der Waals surface area contributed by atoms with Gasteiger partial charge in [-0.1, -0.05) is 20.4 Å². The van der Waals surface area contributed by atoms with Crippen molar-refractivity contribution in [2.24, 2.45) is 0 Å². The van der Waals surface area contributed by atoms with E-state index in [0.717, 1.165) is 22.4 Å². The summed E-state index contributed by atoms with van der Waals surface area (Å²) in [5, 5.41) is 9.51. The van der Waals surface area contributed by atoms with Crippen LogP contribution < -0.4 is 9.47 Å². The smallest absolute Gasteiger partial charge is 0.198 e. The summed E-state index contributed by atoms with van der Waals surface area (Å²) in [6.45, 7) is 10.6. The average Bonchev–Trinajstić information content (AvgIpc) is 2.77. The van der Waals surface area contributed by atoms with Crippen LogP contribution in [0.25, 0.3) is 5.57 Å². The molecule has 0 saturated heterocycles. The van der Waals surface area contributed by atoms with Gasteiger partial charge in [0.2, 0.25) is 0 Å². The van der Waals surface area contributed by atoms with E-state index < -0.39 is 0 Å². The number of ketones is 1. The van der Waals surface area contributed by atoms with Gasteiger partial charge in [-0.05, 0) is 53.2 Å². The van der Waals surface area contributed by atoms with Crippen LogP contribution in [0.3, 0.4) is 0 Å². The van der Waals surface area contributed by atoms with E-state index in [1.807, 2.05) is 12.1 Å². The summed E-state index contributed by atoms with van der Waals surface area (Å²) in [4.78, 5) is 12.3. The second-order valence-electron chi connectivity index (χ2n) is 6.68. The Balaban J connectivity index is 2.24. The molecule has 0 bridgehead atoms. The molecule has 0 N–H and O–H groups in total. The minimum Gasteiger partial charge on any atom is -0.486 e. The number of nitriles is 1. The van der Waals surface area contributed by atoms with Crippen molar-refractivity contribution < 1.29 is 14.3 Å². The van der Waals surface area contributed by atoms with E-state index in [1.54, 1.807) is 6.92 Å². The van der Waals surface area contributed by atoms with Crippen molar-refractivity contribution in [2.75, 3.05) is 13.2 Å². The second kappa shape index (κ2) is 5.27. The van der Waals surface area contributed by atoms with Gasteiger partial charge in [-0.25, -0.2) is 0 Å². The van der Waals surface area contributed by atoms with Crippen molar-refractivity contribution in [3.05, 3.63) is 41.0 Å². The van der Waals surface area contributed by atoms with E-state index >= 15 is 0 Å². The van der Waals surface area contributed by atoms with Crippen LogP contribution in [0.1, 0.15) is 38.3 Å². The Labute approximate surface area is 136 Å². The number of nitrogens with zero attached hydrogens (tertiary/aromatic N) is 1. The maximum atomic E-state index is 12.3. The lowest BCUT2D eigenvalue weighted by Gasteiger charge is -2.23. The summed E-state index contributed by atoms with van der Waals surface area (Å²) in [5.74, 6) is 1.11. The Morgan fingerprint density at radius 2 is 1.87 bits per heavy atom. The predicted molar refractivity (Wildman–Crippen MR) is 87.4 cm³/mol. The monoisotopic (exact) mass is 309 g/mol. The number of benzene rings is 1. The highest BCUT2D eigenvalue weighted by Crippen LogP contribution is 2.50. The molecule has 3 rings (SSSR count). The number of allylic oxidation sites excluding steroid dienone is 3. The molecule has 1 heterocycles. The summed E-state index contributed by atoms with van der Waals surface area (Å²) in [6.07, 6.45) is 0.632. The molecule has 118 valence electrons. The van der Waals surface area contributed by atoms with Gasteiger partial charge in [-0.15, -0.1) is 0 Å². The summed E-state index contributed by atoms with van der Waals surface area (Å²) in [7, 11) is 0. The van der Waals surface area contributed by atoms with Crippen molar-refractivity contribution in [1.82, 2.24) is 0 Å². The summed E-state index contributed by atoms with van der Waals surface area (Å²) in [5.41, 5.74) is 3.15. The van der Waals surface area contributed by atoms with Crippen LogP contribution in [0.15, 0.2) is 29.9 Å². The van der Waals surface area contributed by atoms with Crippen LogP contribution >= 0.6 is 0 Å². The van der Waals surface area contributed by atoms with Crippen molar-refractivity contribution in [2.45, 2.75) is 32.6 Å². The van der Waals surface area contributed by atoms with Gasteiger partial charge in [0, 0.05) is 0 Å². The number of Topliss-reactive ketones (excluding diaryl/α,β-unsaturated/α-hetero) is 1. The number of hydrogen-bond donors (Lipinski definition) is 0. The van der Waals surface area contributed by atoms with Gasteiger partial charge in [0.1, 0.15) is 24.9 Å². The summed E-state index contributed by atoms with van der Waals surface area (Å²) < 4.78 is 11.3. The Hall–Kier alpha value is -2.54. The number of carbonyl (C=O) groups is 1. The molecule has 1 aromatic rings. The molecule has 0 aromatic heterocycles. The molecule has 0 spiro atoms. The van der Waals surface area contributed by atoms with Gasteiger partial charge in [0.15, 0.2) is 17.3 Å². The first-order chi connectivity index (χ1) is 10.8. The van der Waals surface area contributed by atoms with E-state index in [0.29, 0.717) is 31.0 Å². The fourth-order valence-corrected chi connectivity index (χ4v) is 3.22. The molecule has 0 atom stereocenters. The molecule has 0 radical (unpaired) electrons. The lowest BCUT2D eigenvalue weighted by atomic mass is 9.86. The number of hydrogen-bond acceptors (Lipinski definition) is 4. The van der Waals surface area contributed by atoms with E-state index in [4.69, 9.17) is 9.47 Å². The first kappa shape index (κ1) is 15.4. The Bertz CT molecular complexity index is 794. The van der Waals surface area contributed by atoms with Crippen molar-refractivity contribution in [3.63, 3.8) is 0 Å². The maximum absolute atomic E-state index is 12.3. The molecule has 2 aliphatic rings. The van der Waals surface area contributed by atoms with E-state index in [9.17, 15) is 10.1 Å². The highest BCUT2D eigenvalue weighted by atomic mass is 16.6. The van der Waals surface area contributed by atoms with Gasteiger partial charge in [0.25, 0.3) is 0 Å². The van der Waals surface area contributed by atoms with Crippen LogP contribution in [0.2, 0.25) is 0 Å². The average molecular weight is 309 g/mol. The molecule has 4 heteroatoms. The first-order valence-electron chi connectivity index (χ1n) is 7.63. The lowest BCUT2D eigenvalue weighted by Crippen LogP contribution is -2.17. The zero-order chi connectivity index (χ0) is 16.8. The van der Waals surface area contributed by atoms with Crippen LogP contribution in [-0.2, 0) is 10.2 Å². The second-order valence-corrected chi connectivity index (χ2v) is 6.68. The van der Waals surface area contributed by atoms with Crippen molar-refractivity contribution in [3.8, 4) is 17.6 Å². The minimum atomic E-state index is -0.291. The van der Waals surface area contributed by atoms with Crippen molar-refractivity contribution in [1.29, 1.82) is 5.26 Å². The number of fused-ring (bicyclic) bond motifs is 2. The third-order valence-corrected chi connectivity index (χ3v) is 4.38. The van der Waals surface area contributed by atoms with Gasteiger partial charge in [0.05, 0.1) is 0 Å². The molecule has 0 saturated carbocycles. The highest BCUT2D eigenvalue weighted by molar-refractivity contribution is 6.15. The zero-order valence-electron chi connectivity index (χ0n) is 13.7. The molecule has 23 heavy (non-hydrogen) atoms. The van der Waals surface area contributed by atoms with Crippen LogP contribution in [0.5, 0.6) is 11.5 Å². The topological polar surface area (TPSA) is 59.3 Å².